The van der Waals surface area contributed by atoms with Gasteiger partial charge in [0, 0.05) is 0 Å². The van der Waals surface area contributed by atoms with Crippen molar-refractivity contribution in [3.05, 3.63) is 234 Å². The molecular formula is C45H42F24N3P4Ru4. The molecule has 0 aromatic heterocycles. The number of benzene rings is 4. The molecule has 1 radical (unpaired) electrons. The van der Waals surface area contributed by atoms with Crippen LogP contribution in [0.25, 0.3) is 0 Å². The summed E-state index contributed by atoms with van der Waals surface area (Å²) in [6, 6.07) is 70.6. The standard InChI is InChI=1S/3C8H7N.C6H6.3C5H5.4F6P.4Ru/c3*1-7-2-4-8(6-9)5-3-7;1-2-4-6-5-3-1;3*1-2-4-5-3-1;4*1-7(2,3,4,5)6;;;;/h3*2-5H,1H3;1-6H;3*1-5H;;;;;;;;/q;;;;7*-1;+1;3*+2. The Morgan fingerprint density at radius 1 is 0.263 bits per heavy atom. The molecule has 35 heteroatoms. The molecule has 0 N–H and O–H groups in total. The van der Waals surface area contributed by atoms with Crippen LogP contribution >= 0.6 is 31.2 Å². The van der Waals surface area contributed by atoms with Crippen LogP contribution in [0.15, 0.2) is 200 Å². The number of halogens is 24. The molecule has 0 spiro atoms. The molecule has 0 aliphatic rings. The minimum Gasteiger partial charge on any atom is -0.214 e. The van der Waals surface area contributed by atoms with Crippen LogP contribution in [0.3, 0.4) is 0 Å². The van der Waals surface area contributed by atoms with Crippen molar-refractivity contribution in [2.24, 2.45) is 0 Å². The van der Waals surface area contributed by atoms with E-state index < -0.39 is 31.2 Å². The summed E-state index contributed by atoms with van der Waals surface area (Å²) in [5.74, 6) is 0. The van der Waals surface area contributed by atoms with E-state index in [4.69, 9.17) is 15.8 Å². The minimum absolute atomic E-state index is 0. The van der Waals surface area contributed by atoms with E-state index in [0.717, 1.165) is 16.7 Å². The van der Waals surface area contributed by atoms with E-state index in [1.54, 1.807) is 0 Å². The summed E-state index contributed by atoms with van der Waals surface area (Å²) in [6.07, 6.45) is 0. The Morgan fingerprint density at radius 3 is 0.450 bits per heavy atom. The Balaban J connectivity index is -0.000000119. The maximum Gasteiger partial charge on any atom is 2.00 e. The quantitative estimate of drug-likeness (QED) is 0.0657. The van der Waals surface area contributed by atoms with Crippen LogP contribution < -0.4 is 0 Å². The van der Waals surface area contributed by atoms with Crippen LogP contribution in [0.1, 0.15) is 33.4 Å². The number of hydrogen-bond acceptors (Lipinski definition) is 3. The maximum absolute atomic E-state index is 10.7. The first kappa shape index (κ1) is 92.4. The van der Waals surface area contributed by atoms with Gasteiger partial charge in [-0.25, -0.2) is 36.4 Å². The molecular weight excluding hydrogens is 1570 g/mol. The summed E-state index contributed by atoms with van der Waals surface area (Å²) in [5, 5.41) is 25.1. The number of hydrogen-bond donors (Lipinski definition) is 0. The van der Waals surface area contributed by atoms with Crippen molar-refractivity contribution >= 4 is 31.2 Å². The van der Waals surface area contributed by atoms with Gasteiger partial charge in [-0.15, -0.1) is 0 Å². The van der Waals surface area contributed by atoms with Crippen molar-refractivity contribution < 1.29 is 179 Å². The van der Waals surface area contributed by atoms with Crippen LogP contribution in [0, 0.1) is 54.8 Å². The molecule has 0 saturated heterocycles. The van der Waals surface area contributed by atoms with Gasteiger partial charge in [0.15, 0.2) is 0 Å². The molecule has 0 fully saturated rings. The summed E-state index contributed by atoms with van der Waals surface area (Å²) in [4.78, 5) is 0. The van der Waals surface area contributed by atoms with Gasteiger partial charge in [-0.1, -0.05) is 89.5 Å². The third kappa shape index (κ3) is 140. The normalized spacial score (nSPS) is 13.1. The van der Waals surface area contributed by atoms with E-state index in [1.165, 1.54) is 16.7 Å². The molecule has 7 aromatic rings. The molecule has 0 heterocycles. The third-order valence-corrected chi connectivity index (χ3v) is 5.88. The molecule has 0 unspecified atom stereocenters. The van der Waals surface area contributed by atoms with Gasteiger partial charge in [0.05, 0.1) is 34.9 Å². The second-order valence-corrected chi connectivity index (χ2v) is 21.5. The molecule has 0 saturated carbocycles. The van der Waals surface area contributed by atoms with Gasteiger partial charge in [0.1, 0.15) is 0 Å². The molecule has 3 nitrogen and oxygen atoms in total. The number of nitrogens with zero attached hydrogens (tertiary/aromatic N) is 3. The van der Waals surface area contributed by atoms with Gasteiger partial charge in [-0.3, -0.25) is 0 Å². The molecule has 0 bridgehead atoms. The molecule has 80 heavy (non-hydrogen) atoms. The van der Waals surface area contributed by atoms with Gasteiger partial charge < -0.3 is 0 Å². The zero-order chi connectivity index (χ0) is 60.6. The Bertz CT molecular complexity index is 2300. The van der Waals surface area contributed by atoms with Crippen LogP contribution in [0.4, 0.5) is 101 Å². The van der Waals surface area contributed by atoms with Gasteiger partial charge in [-0.2, -0.15) is 70.4 Å². The number of rotatable bonds is 0. The van der Waals surface area contributed by atoms with E-state index in [-0.39, 0.29) is 77.9 Å². The molecule has 0 amide bonds. The van der Waals surface area contributed by atoms with E-state index in [9.17, 15) is 101 Å². The van der Waals surface area contributed by atoms with E-state index >= 15 is 0 Å². The Kier molecular flexibility index (Phi) is 39.1. The van der Waals surface area contributed by atoms with E-state index in [2.05, 4.69) is 18.2 Å². The fourth-order valence-electron chi connectivity index (χ4n) is 3.23. The van der Waals surface area contributed by atoms with Gasteiger partial charge in [0.2, 0.25) is 0 Å². The molecule has 0 aliphatic heterocycles. The van der Waals surface area contributed by atoms with Crippen molar-refractivity contribution in [2.45, 2.75) is 20.8 Å². The van der Waals surface area contributed by atoms with Crippen molar-refractivity contribution in [1.82, 2.24) is 0 Å². The smallest absolute Gasteiger partial charge is 0.214 e. The average molecular weight is 1610 g/mol. The second kappa shape index (κ2) is 33.9. The second-order valence-electron chi connectivity index (χ2n) is 13.8. The summed E-state index contributed by atoms with van der Waals surface area (Å²) in [6.45, 7) is 6.00. The third-order valence-electron chi connectivity index (χ3n) is 5.88. The van der Waals surface area contributed by atoms with Gasteiger partial charge in [0.25, 0.3) is 0 Å². The van der Waals surface area contributed by atoms with Gasteiger partial charge >= 0.3 is 210 Å². The number of nitriles is 3. The minimum atomic E-state index is -10.7. The summed E-state index contributed by atoms with van der Waals surface area (Å²) in [5.41, 5.74) is 5.74. The van der Waals surface area contributed by atoms with Gasteiger partial charge in [-0.05, 0) is 57.2 Å². The number of aryl methyl sites for hydroxylation is 3. The predicted molar refractivity (Wildman–Crippen MR) is 255 cm³/mol. The topological polar surface area (TPSA) is 71.4 Å². The van der Waals surface area contributed by atoms with Crippen molar-refractivity contribution in [3.63, 3.8) is 0 Å². The molecule has 0 atom stereocenters. The van der Waals surface area contributed by atoms with E-state index in [1.807, 2.05) is 221 Å². The van der Waals surface area contributed by atoms with Crippen molar-refractivity contribution in [3.8, 4) is 18.2 Å². The maximum atomic E-state index is 9.87. The monoisotopic (exact) mass is 1610 g/mol. The Morgan fingerprint density at radius 2 is 0.375 bits per heavy atom. The summed E-state index contributed by atoms with van der Waals surface area (Å²) >= 11 is 0. The largest absolute Gasteiger partial charge is 2.00 e. The Hall–Kier alpha value is -4.07. The van der Waals surface area contributed by atoms with Crippen LogP contribution in [-0.4, -0.2) is 0 Å². The average Bonchev–Trinajstić information content (AvgIpc) is 4.07. The first-order valence-corrected chi connectivity index (χ1v) is 27.6. The van der Waals surface area contributed by atoms with Crippen molar-refractivity contribution in [1.29, 1.82) is 15.8 Å². The predicted octanol–water partition coefficient (Wildman–Crippen LogP) is 25.0. The van der Waals surface area contributed by atoms with Crippen molar-refractivity contribution in [2.75, 3.05) is 0 Å². The first-order valence-electron chi connectivity index (χ1n) is 19.4. The molecule has 7 rings (SSSR count). The summed E-state index contributed by atoms with van der Waals surface area (Å²) < 4.78 is 237. The van der Waals surface area contributed by atoms with Crippen LogP contribution in [0.5, 0.6) is 0 Å². The molecule has 0 aliphatic carbocycles. The fraction of sp³-hybridized carbons (Fsp3) is 0.0667. The zero-order valence-corrected chi connectivity index (χ0v) is 50.7. The zero-order valence-electron chi connectivity index (χ0n) is 40.2. The van der Waals surface area contributed by atoms with Crippen LogP contribution in [-0.2, 0) is 77.9 Å². The fourth-order valence-corrected chi connectivity index (χ4v) is 3.23. The molecule has 7 aromatic carbocycles. The van der Waals surface area contributed by atoms with Crippen LogP contribution in [0.2, 0.25) is 0 Å². The first-order chi connectivity index (χ1) is 33.3. The SMILES string of the molecule is Cc1ccc(C#N)cc1.Cc1ccc(C#N)cc1.Cc1ccc(C#N)cc1.F[P-](F)(F)(F)(F)F.F[P-](F)(F)(F)(F)F.F[P-](F)(F)(F)(F)F.F[P-](F)(F)(F)(F)F.[Ru+2].[Ru+2].[Ru+2].[Ru+].c1cc[cH-]c1.c1cc[cH-]c1.c1cc[cH-]c1.c1ccccc1. The Labute approximate surface area is 495 Å². The van der Waals surface area contributed by atoms with E-state index in [0.29, 0.717) is 0 Å². The summed E-state index contributed by atoms with van der Waals surface area (Å²) in [7, 11) is -42.6. The molecule has 457 valence electrons.